The first-order chi connectivity index (χ1) is 37.3. The van der Waals surface area contributed by atoms with Gasteiger partial charge in [-0.2, -0.15) is 0 Å². The first-order valence-electron chi connectivity index (χ1n) is 33.6. The van der Waals surface area contributed by atoms with Crippen LogP contribution in [0.4, 0.5) is 0 Å². The summed E-state index contributed by atoms with van der Waals surface area (Å²) in [6, 6.07) is 2.74. The normalized spacial score (nSPS) is 30.6. The van der Waals surface area contributed by atoms with Gasteiger partial charge in [0.15, 0.2) is 0 Å². The molecule has 0 spiro atoms. The molecular formula is C70H147N7O5. The van der Waals surface area contributed by atoms with Gasteiger partial charge in [-0.05, 0) is 251 Å². The standard InChI is InChI=1S/C11H23NO.C11H23N.3C10H21NO.C9H19NO.C9H19N/c1-11(2,3)12-8-6-5-7-10(12)9-13-4;1-9-7-6-8-10(2)12(9)11(3,4)5;1-8-7-12-9(2)6-11(8)10(3,4)5;2*1-8-6-11(10(3,4)5)7-9(2)12-8;1-9(2,3)8-7-10(4)5-6-11-8;1-9(2,3)10-7-5-4-6-8-10/h10H,5-9H2,1-4H3;9-10H,6-8H2,1-5H3;3*8-9H,6-7H2,1-5H3;8H,5-7H2,1-4H3;4-8H2,1-3H3/t;9-,10+;;8-,9+;8-,9-;;/m....1../s1. The molecule has 7 heterocycles. The summed E-state index contributed by atoms with van der Waals surface area (Å²) in [7, 11) is 3.96. The second-order valence-corrected chi connectivity index (χ2v) is 33.4. The summed E-state index contributed by atoms with van der Waals surface area (Å²) in [4.78, 5) is 17.7. The summed E-state index contributed by atoms with van der Waals surface area (Å²) in [5.74, 6) is 0. The lowest BCUT2D eigenvalue weighted by Gasteiger charge is -2.47. The molecule has 0 aromatic rings. The molecule has 7 aliphatic rings. The lowest BCUT2D eigenvalue weighted by atomic mass is 9.88. The molecule has 0 amide bonds. The predicted molar refractivity (Wildman–Crippen MR) is 356 cm³/mol. The largest absolute Gasteiger partial charge is 0.383 e. The highest BCUT2D eigenvalue weighted by atomic mass is 16.5. The maximum Gasteiger partial charge on any atom is 0.0750 e. The molecule has 12 heteroatoms. The number of methoxy groups -OCH3 is 1. The Balaban J connectivity index is 0.000000479. The lowest BCUT2D eigenvalue weighted by Crippen LogP contribution is -2.55. The number of likely N-dealkylation sites (tertiary alicyclic amines) is 3. The number of piperidine rings is 3. The molecule has 0 aliphatic carbocycles. The van der Waals surface area contributed by atoms with E-state index in [9.17, 15) is 0 Å². The van der Waals surface area contributed by atoms with E-state index in [-0.39, 0.29) is 22.0 Å². The second kappa shape index (κ2) is 35.6. The van der Waals surface area contributed by atoms with Crippen molar-refractivity contribution in [2.24, 2.45) is 5.41 Å². The number of morpholine rings is 4. The highest BCUT2D eigenvalue weighted by Crippen LogP contribution is 2.31. The van der Waals surface area contributed by atoms with E-state index < -0.39 is 0 Å². The SMILES string of the molecule is CC(C)(C)N1CCCCC1.CC1CN(C(C)(C)C)C(C)CO1.CN1CCOC(C(C)(C)C)C1.COCC1CCCCN1C(C)(C)C.C[C@@H]1CCC[C@H](C)N1C(C)(C)C.C[C@@H]1CN(C(C)(C)C)C[C@@H](C)O1.C[C@@H]1CN(C(C)(C)C)C[C@H](C)O1. The van der Waals surface area contributed by atoms with Crippen molar-refractivity contribution in [3.8, 4) is 0 Å². The van der Waals surface area contributed by atoms with Crippen LogP contribution in [0, 0.1) is 5.41 Å². The van der Waals surface area contributed by atoms with Crippen molar-refractivity contribution < 1.29 is 23.7 Å². The van der Waals surface area contributed by atoms with E-state index in [2.05, 4.69) is 242 Å². The fraction of sp³-hybridized carbons (Fsp3) is 1.00. The Bertz CT molecular complexity index is 1580. The minimum Gasteiger partial charge on any atom is -0.383 e. The van der Waals surface area contributed by atoms with Crippen LogP contribution < -0.4 is 0 Å². The van der Waals surface area contributed by atoms with Crippen LogP contribution in [0.2, 0.25) is 0 Å². The van der Waals surface area contributed by atoms with Gasteiger partial charge in [0.05, 0.1) is 56.4 Å². The Kier molecular flexibility index (Phi) is 34.6. The summed E-state index contributed by atoms with van der Waals surface area (Å²) in [5, 5.41) is 0. The zero-order valence-electron chi connectivity index (χ0n) is 61.0. The van der Waals surface area contributed by atoms with Gasteiger partial charge < -0.3 is 28.6 Å². The first-order valence-corrected chi connectivity index (χ1v) is 33.6. The van der Waals surface area contributed by atoms with Gasteiger partial charge in [0.25, 0.3) is 0 Å². The third-order valence-corrected chi connectivity index (χ3v) is 17.6. The zero-order valence-corrected chi connectivity index (χ0v) is 61.0. The molecule has 0 N–H and O–H groups in total. The Hall–Kier alpha value is -0.480. The first kappa shape index (κ1) is 79.5. The van der Waals surface area contributed by atoms with Gasteiger partial charge in [-0.3, -0.25) is 29.4 Å². The van der Waals surface area contributed by atoms with Crippen molar-refractivity contribution in [3.63, 3.8) is 0 Å². The van der Waals surface area contributed by atoms with Crippen molar-refractivity contribution in [2.75, 3.05) is 99.4 Å². The third kappa shape index (κ3) is 31.6. The van der Waals surface area contributed by atoms with Crippen LogP contribution in [0.5, 0.6) is 0 Å². The van der Waals surface area contributed by atoms with Gasteiger partial charge >= 0.3 is 0 Å². The van der Waals surface area contributed by atoms with Crippen LogP contribution in [0.3, 0.4) is 0 Å². The summed E-state index contributed by atoms with van der Waals surface area (Å²) in [6.45, 7) is 79.5. The third-order valence-electron chi connectivity index (χ3n) is 17.6. The maximum atomic E-state index is 5.67. The summed E-state index contributed by atoms with van der Waals surface area (Å²) in [6.07, 6.45) is 14.7. The van der Waals surface area contributed by atoms with E-state index in [0.717, 1.165) is 77.7 Å². The molecule has 4 unspecified atom stereocenters. The molecule has 0 aromatic carbocycles. The van der Waals surface area contributed by atoms with Crippen LogP contribution in [-0.4, -0.2) is 228 Å². The molecule has 7 aliphatic heterocycles. The summed E-state index contributed by atoms with van der Waals surface area (Å²) >= 11 is 0. The van der Waals surface area contributed by atoms with Gasteiger partial charge in [-0.15, -0.1) is 0 Å². The van der Waals surface area contributed by atoms with E-state index in [1.54, 1.807) is 7.11 Å². The molecule has 0 aromatic heterocycles. The molecule has 492 valence electrons. The predicted octanol–water partition coefficient (Wildman–Crippen LogP) is 14.6. The average Bonchev–Trinajstić information content (AvgIpc) is 3.31. The minimum atomic E-state index is 0.275. The van der Waals surface area contributed by atoms with Crippen LogP contribution in [0.1, 0.15) is 259 Å². The van der Waals surface area contributed by atoms with Crippen molar-refractivity contribution >= 4 is 0 Å². The highest BCUT2D eigenvalue weighted by molar-refractivity contribution is 4.90. The Morgan fingerprint density at radius 3 is 1.13 bits per heavy atom. The number of ether oxygens (including phenoxy) is 5. The van der Waals surface area contributed by atoms with Crippen molar-refractivity contribution in [1.29, 1.82) is 0 Å². The molecule has 0 bridgehead atoms. The summed E-state index contributed by atoms with van der Waals surface area (Å²) in [5.41, 5.74) is 2.17. The molecule has 7 rings (SSSR count). The smallest absolute Gasteiger partial charge is 0.0750 e. The Morgan fingerprint density at radius 1 is 0.390 bits per heavy atom. The summed E-state index contributed by atoms with van der Waals surface area (Å²) < 4.78 is 27.8. The molecule has 7 saturated heterocycles. The number of nitrogens with zero attached hydrogens (tertiary/aromatic N) is 7. The van der Waals surface area contributed by atoms with Crippen LogP contribution in [-0.2, 0) is 23.7 Å². The monoisotopic (exact) mass is 1170 g/mol. The van der Waals surface area contributed by atoms with Gasteiger partial charge in [-0.1, -0.05) is 40.0 Å². The fourth-order valence-corrected chi connectivity index (χ4v) is 13.1. The average molecular weight is 1170 g/mol. The Morgan fingerprint density at radius 2 is 0.817 bits per heavy atom. The van der Waals surface area contributed by atoms with Crippen LogP contribution >= 0.6 is 0 Å². The van der Waals surface area contributed by atoms with E-state index >= 15 is 0 Å². The van der Waals surface area contributed by atoms with Gasteiger partial charge in [0.1, 0.15) is 0 Å². The molecular weight excluding hydrogens is 1020 g/mol. The maximum absolute atomic E-state index is 5.67. The zero-order chi connectivity index (χ0) is 63.4. The quantitative estimate of drug-likeness (QED) is 0.265. The molecule has 0 saturated carbocycles. The molecule has 10 atom stereocenters. The number of likely N-dealkylation sites (N-methyl/N-ethyl adjacent to an activating group) is 1. The van der Waals surface area contributed by atoms with Gasteiger partial charge in [0.2, 0.25) is 0 Å². The molecule has 7 fully saturated rings. The topological polar surface area (TPSA) is 68.8 Å². The number of rotatable bonds is 2. The van der Waals surface area contributed by atoms with Crippen molar-refractivity contribution in [1.82, 2.24) is 34.3 Å². The number of hydrogen-bond donors (Lipinski definition) is 0. The van der Waals surface area contributed by atoms with Crippen molar-refractivity contribution in [3.05, 3.63) is 0 Å². The minimum absolute atomic E-state index is 0.275. The van der Waals surface area contributed by atoms with Crippen LogP contribution in [0.25, 0.3) is 0 Å². The lowest BCUT2D eigenvalue weighted by molar-refractivity contribution is -0.0925. The van der Waals surface area contributed by atoms with Crippen molar-refractivity contribution in [2.45, 2.75) is 353 Å². The number of hydrogen-bond acceptors (Lipinski definition) is 12. The van der Waals surface area contributed by atoms with E-state index in [4.69, 9.17) is 23.7 Å². The van der Waals surface area contributed by atoms with Gasteiger partial charge in [-0.25, -0.2) is 0 Å². The molecule has 12 nitrogen and oxygen atoms in total. The van der Waals surface area contributed by atoms with E-state index in [0.29, 0.717) is 65.3 Å². The molecule has 82 heavy (non-hydrogen) atoms. The van der Waals surface area contributed by atoms with E-state index in [1.807, 2.05) is 0 Å². The molecule has 0 radical (unpaired) electrons. The van der Waals surface area contributed by atoms with E-state index in [1.165, 1.54) is 77.4 Å². The second-order valence-electron chi connectivity index (χ2n) is 33.4. The van der Waals surface area contributed by atoms with Crippen LogP contribution in [0.15, 0.2) is 0 Å². The Labute approximate surface area is 513 Å². The fourth-order valence-electron chi connectivity index (χ4n) is 13.1. The highest BCUT2D eigenvalue weighted by Gasteiger charge is 2.36. The van der Waals surface area contributed by atoms with Gasteiger partial charge in [0, 0.05) is 110 Å².